The molecule has 9 heteroatoms. The Bertz CT molecular complexity index is 1310. The molecule has 1 aliphatic rings. The number of aromatic nitrogens is 1. The molecular formula is C27H29FN6OS. The number of halogens is 1. The third kappa shape index (κ3) is 6.51. The Labute approximate surface area is 214 Å². The predicted molar refractivity (Wildman–Crippen MR) is 148 cm³/mol. The lowest BCUT2D eigenvalue weighted by atomic mass is 9.87. The molecule has 0 radical (unpaired) electrons. The Morgan fingerprint density at radius 2 is 1.61 bits per heavy atom. The number of benzene rings is 3. The molecule has 0 spiro atoms. The average molecular weight is 505 g/mol. The minimum atomic E-state index is -0.318. The normalized spacial score (nSPS) is 16.3. The van der Waals surface area contributed by atoms with E-state index in [1.165, 1.54) is 24.1 Å². The van der Waals surface area contributed by atoms with E-state index in [-0.39, 0.29) is 11.7 Å². The summed E-state index contributed by atoms with van der Waals surface area (Å²) in [6, 6.07) is 21.8. The van der Waals surface area contributed by atoms with Crippen molar-refractivity contribution in [2.75, 3.05) is 22.2 Å². The summed E-state index contributed by atoms with van der Waals surface area (Å²) < 4.78 is 13.7. The van der Waals surface area contributed by atoms with Crippen LogP contribution < -0.4 is 26.8 Å². The largest absolute Gasteiger partial charge is 0.382 e. The van der Waals surface area contributed by atoms with Crippen LogP contribution in [0.3, 0.4) is 0 Å². The van der Waals surface area contributed by atoms with Crippen molar-refractivity contribution in [2.45, 2.75) is 24.9 Å². The van der Waals surface area contributed by atoms with Gasteiger partial charge in [0.1, 0.15) is 5.82 Å². The van der Waals surface area contributed by atoms with Crippen LogP contribution in [0, 0.1) is 5.82 Å². The summed E-state index contributed by atoms with van der Waals surface area (Å²) in [5, 5.41) is 15.1. The van der Waals surface area contributed by atoms with Crippen LogP contribution >= 0.6 is 11.9 Å². The van der Waals surface area contributed by atoms with Crippen LogP contribution in [-0.2, 0) is 0 Å². The van der Waals surface area contributed by atoms with Gasteiger partial charge in [0.15, 0.2) is 0 Å². The molecule has 1 saturated carbocycles. The van der Waals surface area contributed by atoms with Crippen LogP contribution in [-0.4, -0.2) is 29.2 Å². The molecule has 1 fully saturated rings. The highest BCUT2D eigenvalue weighted by molar-refractivity contribution is 7.96. The first-order valence-electron chi connectivity index (χ1n) is 11.5. The molecule has 0 bridgehead atoms. The summed E-state index contributed by atoms with van der Waals surface area (Å²) in [6.45, 7) is 0. The summed E-state index contributed by atoms with van der Waals surface area (Å²) in [5.41, 5.74) is 10.3. The number of nitrogens with one attached hydrogen (secondary N) is 3. The van der Waals surface area contributed by atoms with E-state index < -0.39 is 0 Å². The summed E-state index contributed by atoms with van der Waals surface area (Å²) in [6.07, 6.45) is 5.46. The lowest BCUT2D eigenvalue weighted by Gasteiger charge is -2.33. The predicted octanol–water partition coefficient (Wildman–Crippen LogP) is 5.49. The Morgan fingerprint density at radius 1 is 0.972 bits per heavy atom. The highest BCUT2D eigenvalue weighted by Gasteiger charge is 2.25. The lowest BCUT2D eigenvalue weighted by Crippen LogP contribution is -2.44. The smallest absolute Gasteiger partial charge is 0.255 e. The number of hydrogen-bond acceptors (Lipinski definition) is 7. The number of hydrogen-bond donors (Lipinski definition) is 5. The maximum absolute atomic E-state index is 13.7. The summed E-state index contributed by atoms with van der Waals surface area (Å²) >= 11 is 1.25. The molecule has 3 aromatic carbocycles. The van der Waals surface area contributed by atoms with Gasteiger partial charge in [0.25, 0.3) is 5.91 Å². The Balaban J connectivity index is 0.000000967. The second-order valence-corrected chi connectivity index (χ2v) is 9.03. The maximum atomic E-state index is 13.7. The number of fused-ring (bicyclic) bond motifs is 1. The van der Waals surface area contributed by atoms with Gasteiger partial charge in [-0.15, -0.1) is 0 Å². The highest BCUT2D eigenvalue weighted by Crippen LogP contribution is 2.26. The van der Waals surface area contributed by atoms with Crippen molar-refractivity contribution in [3.05, 3.63) is 90.4 Å². The van der Waals surface area contributed by atoms with Gasteiger partial charge in [-0.1, -0.05) is 11.9 Å². The van der Waals surface area contributed by atoms with Crippen molar-refractivity contribution >= 4 is 51.5 Å². The minimum Gasteiger partial charge on any atom is -0.382 e. The van der Waals surface area contributed by atoms with E-state index in [1.807, 2.05) is 42.7 Å². The van der Waals surface area contributed by atoms with Gasteiger partial charge < -0.3 is 21.7 Å². The van der Waals surface area contributed by atoms with E-state index >= 15 is 0 Å². The highest BCUT2D eigenvalue weighted by atomic mass is 32.2. The number of nitrogens with zero attached hydrogens (tertiary/aromatic N) is 1. The van der Waals surface area contributed by atoms with Gasteiger partial charge in [-0.2, -0.15) is 0 Å². The number of pyridine rings is 1. The molecule has 0 aliphatic heterocycles. The summed E-state index contributed by atoms with van der Waals surface area (Å²) in [5.74, 6) is -0.509. The zero-order valence-electron chi connectivity index (χ0n) is 19.9. The number of carbonyl (C=O) groups excluding carboxylic acids is 1. The molecule has 7 nitrogen and oxygen atoms in total. The van der Waals surface area contributed by atoms with Gasteiger partial charge in [0, 0.05) is 52.0 Å². The molecule has 1 heterocycles. The van der Waals surface area contributed by atoms with Gasteiger partial charge in [0.05, 0.1) is 5.52 Å². The lowest BCUT2D eigenvalue weighted by molar-refractivity contribution is 0.102. The molecule has 1 amide bonds. The van der Waals surface area contributed by atoms with Gasteiger partial charge in [-0.3, -0.25) is 14.9 Å². The van der Waals surface area contributed by atoms with E-state index in [9.17, 15) is 9.18 Å². The quantitative estimate of drug-likeness (QED) is 0.220. The summed E-state index contributed by atoms with van der Waals surface area (Å²) in [7, 11) is 0. The van der Waals surface area contributed by atoms with Crippen LogP contribution in [0.25, 0.3) is 10.9 Å². The molecule has 186 valence electrons. The van der Waals surface area contributed by atoms with Gasteiger partial charge >= 0.3 is 0 Å². The van der Waals surface area contributed by atoms with Crippen molar-refractivity contribution in [1.82, 2.24) is 4.98 Å². The van der Waals surface area contributed by atoms with Crippen molar-refractivity contribution in [1.29, 1.82) is 0 Å². The van der Waals surface area contributed by atoms with E-state index in [1.54, 1.807) is 30.5 Å². The third-order valence-corrected chi connectivity index (χ3v) is 5.82. The van der Waals surface area contributed by atoms with Crippen LogP contribution in [0.5, 0.6) is 0 Å². The fraction of sp³-hybridized carbons (Fsp3) is 0.185. The van der Waals surface area contributed by atoms with Crippen molar-refractivity contribution in [3.8, 4) is 0 Å². The van der Waals surface area contributed by atoms with Crippen LogP contribution in [0.1, 0.15) is 23.2 Å². The first kappa shape index (κ1) is 25.4. The number of anilines is 4. The molecule has 0 atom stereocenters. The molecule has 7 N–H and O–H groups in total. The monoisotopic (exact) mass is 504 g/mol. The summed E-state index contributed by atoms with van der Waals surface area (Å²) in [4.78, 5) is 16.9. The maximum Gasteiger partial charge on any atom is 0.255 e. The van der Waals surface area contributed by atoms with Gasteiger partial charge in [-0.25, -0.2) is 4.39 Å². The first-order valence-corrected chi connectivity index (χ1v) is 12.8. The fourth-order valence-corrected chi connectivity index (χ4v) is 3.96. The number of nitrogens with two attached hydrogens (primary N) is 2. The van der Waals surface area contributed by atoms with Crippen LogP contribution in [0.15, 0.2) is 79.0 Å². The number of amides is 1. The zero-order chi connectivity index (χ0) is 25.5. The number of rotatable bonds is 6. The molecule has 1 aliphatic carbocycles. The molecule has 4 aromatic rings. The standard InChI is InChI=1S/C26H24FN5O.CH5NS/c27-17-3-10-24-23(13-17)25(11-12-29-24)31-20-4-1-16(2-5-20)26(33)32-21-8-6-19(7-9-21)30-22-14-18(28)15-22;1-3-2/h1-13,18,22,30H,14-15,28H2,(H,29,31)(H,32,33);2H2,1H3. The molecule has 0 unspecified atom stereocenters. The molecule has 1 aromatic heterocycles. The van der Waals surface area contributed by atoms with E-state index in [2.05, 4.69) is 20.9 Å². The fourth-order valence-electron chi connectivity index (χ4n) is 3.96. The zero-order valence-corrected chi connectivity index (χ0v) is 20.7. The molecule has 0 saturated heterocycles. The van der Waals surface area contributed by atoms with Crippen molar-refractivity contribution in [2.24, 2.45) is 10.9 Å². The van der Waals surface area contributed by atoms with E-state index in [4.69, 9.17) is 10.9 Å². The second-order valence-electron chi connectivity index (χ2n) is 8.56. The molecular weight excluding hydrogens is 475 g/mol. The Morgan fingerprint density at radius 3 is 2.28 bits per heavy atom. The van der Waals surface area contributed by atoms with E-state index in [0.29, 0.717) is 28.6 Å². The van der Waals surface area contributed by atoms with Gasteiger partial charge in [0.2, 0.25) is 0 Å². The number of carbonyl (C=O) groups is 1. The van der Waals surface area contributed by atoms with E-state index in [0.717, 1.165) is 35.6 Å². The molecule has 5 rings (SSSR count). The SMILES string of the molecule is CSN.NC1CC(Nc2ccc(NC(=O)c3ccc(Nc4ccnc5ccc(F)cc45)cc3)cc2)C1. The Hall–Kier alpha value is -3.66. The first-order chi connectivity index (χ1) is 17.4. The van der Waals surface area contributed by atoms with Crippen LogP contribution in [0.2, 0.25) is 0 Å². The van der Waals surface area contributed by atoms with Crippen molar-refractivity contribution in [3.63, 3.8) is 0 Å². The average Bonchev–Trinajstić information content (AvgIpc) is 2.85. The van der Waals surface area contributed by atoms with Crippen molar-refractivity contribution < 1.29 is 9.18 Å². The topological polar surface area (TPSA) is 118 Å². The molecule has 36 heavy (non-hydrogen) atoms. The van der Waals surface area contributed by atoms with Gasteiger partial charge in [-0.05, 0) is 91.9 Å². The Kier molecular flexibility index (Phi) is 8.37. The second kappa shape index (κ2) is 11.9. The third-order valence-electron chi connectivity index (χ3n) is 5.82. The minimum absolute atomic E-state index is 0.191. The van der Waals surface area contributed by atoms with Crippen LogP contribution in [0.4, 0.5) is 27.1 Å².